The zero-order valence-corrected chi connectivity index (χ0v) is 11.8. The van der Waals surface area contributed by atoms with Gasteiger partial charge < -0.3 is 5.32 Å². The van der Waals surface area contributed by atoms with E-state index in [1.165, 1.54) is 16.9 Å². The summed E-state index contributed by atoms with van der Waals surface area (Å²) >= 11 is 1.76. The summed E-state index contributed by atoms with van der Waals surface area (Å²) in [5.74, 6) is 0.193. The SMILES string of the molecule is CSc1ccc(C(C)NC2CCCC2C#N)cc1. The standard InChI is InChI=1S/C15H20N2S/c1-11(12-6-8-14(18-2)9-7-12)17-15-5-3-4-13(15)10-16/h6-9,11,13,15,17H,3-5H2,1-2H3. The molecule has 0 saturated heterocycles. The van der Waals surface area contributed by atoms with Gasteiger partial charge in [0.25, 0.3) is 0 Å². The number of hydrogen-bond acceptors (Lipinski definition) is 3. The molecule has 96 valence electrons. The summed E-state index contributed by atoms with van der Waals surface area (Å²) in [5, 5.41) is 12.7. The number of rotatable bonds is 4. The van der Waals surface area contributed by atoms with Gasteiger partial charge in [-0.25, -0.2) is 0 Å². The Morgan fingerprint density at radius 3 is 2.67 bits per heavy atom. The maximum Gasteiger partial charge on any atom is 0.0672 e. The molecule has 1 N–H and O–H groups in total. The van der Waals surface area contributed by atoms with Crippen LogP contribution < -0.4 is 5.32 Å². The Labute approximate surface area is 114 Å². The number of nitrogens with one attached hydrogen (secondary N) is 1. The van der Waals surface area contributed by atoms with Crippen LogP contribution in [0.3, 0.4) is 0 Å². The molecule has 0 aromatic heterocycles. The van der Waals surface area contributed by atoms with E-state index in [9.17, 15) is 0 Å². The van der Waals surface area contributed by atoms with Crippen molar-refractivity contribution in [2.45, 2.75) is 43.2 Å². The molecule has 1 aliphatic rings. The topological polar surface area (TPSA) is 35.8 Å². The molecular weight excluding hydrogens is 240 g/mol. The van der Waals surface area contributed by atoms with Crippen LogP contribution in [0.15, 0.2) is 29.2 Å². The largest absolute Gasteiger partial charge is 0.306 e. The van der Waals surface area contributed by atoms with Gasteiger partial charge in [-0.2, -0.15) is 5.26 Å². The van der Waals surface area contributed by atoms with Gasteiger partial charge in [-0.3, -0.25) is 0 Å². The predicted octanol–water partition coefficient (Wildman–Crippen LogP) is 3.75. The summed E-state index contributed by atoms with van der Waals surface area (Å²) in [5.41, 5.74) is 1.30. The minimum absolute atomic E-state index is 0.193. The van der Waals surface area contributed by atoms with E-state index in [1.54, 1.807) is 11.8 Å². The summed E-state index contributed by atoms with van der Waals surface area (Å²) in [6.07, 6.45) is 5.44. The number of benzene rings is 1. The molecule has 0 radical (unpaired) electrons. The molecule has 1 aromatic rings. The first-order valence-corrected chi connectivity index (χ1v) is 7.76. The number of nitrogens with zero attached hydrogens (tertiary/aromatic N) is 1. The Kier molecular flexibility index (Phi) is 4.68. The van der Waals surface area contributed by atoms with Gasteiger partial charge >= 0.3 is 0 Å². The lowest BCUT2D eigenvalue weighted by molar-refractivity contribution is 0.417. The second kappa shape index (κ2) is 6.26. The highest BCUT2D eigenvalue weighted by atomic mass is 32.2. The average Bonchev–Trinajstić information content (AvgIpc) is 2.86. The van der Waals surface area contributed by atoms with Crippen LogP contribution in [0, 0.1) is 17.2 Å². The minimum Gasteiger partial charge on any atom is -0.306 e. The van der Waals surface area contributed by atoms with Gasteiger partial charge in [-0.05, 0) is 43.7 Å². The van der Waals surface area contributed by atoms with Crippen molar-refractivity contribution in [3.63, 3.8) is 0 Å². The van der Waals surface area contributed by atoms with Gasteiger partial charge in [0.05, 0.1) is 12.0 Å². The Balaban J connectivity index is 1.98. The zero-order chi connectivity index (χ0) is 13.0. The minimum atomic E-state index is 0.193. The molecule has 3 unspecified atom stereocenters. The van der Waals surface area contributed by atoms with Crippen molar-refractivity contribution in [3.05, 3.63) is 29.8 Å². The summed E-state index contributed by atoms with van der Waals surface area (Å²) < 4.78 is 0. The highest BCUT2D eigenvalue weighted by Gasteiger charge is 2.28. The van der Waals surface area contributed by atoms with E-state index in [2.05, 4.69) is 48.8 Å². The van der Waals surface area contributed by atoms with Gasteiger partial charge in [-0.15, -0.1) is 11.8 Å². The highest BCUT2D eigenvalue weighted by molar-refractivity contribution is 7.98. The summed E-state index contributed by atoms with van der Waals surface area (Å²) in [6.45, 7) is 2.18. The molecule has 18 heavy (non-hydrogen) atoms. The van der Waals surface area contributed by atoms with E-state index >= 15 is 0 Å². The van der Waals surface area contributed by atoms with Crippen molar-refractivity contribution >= 4 is 11.8 Å². The quantitative estimate of drug-likeness (QED) is 0.837. The van der Waals surface area contributed by atoms with Gasteiger partial charge in [0.1, 0.15) is 0 Å². The fraction of sp³-hybridized carbons (Fsp3) is 0.533. The fourth-order valence-electron chi connectivity index (χ4n) is 2.62. The van der Waals surface area contributed by atoms with Crippen LogP contribution in [0.25, 0.3) is 0 Å². The summed E-state index contributed by atoms with van der Waals surface area (Å²) in [7, 11) is 0. The molecule has 1 aliphatic carbocycles. The van der Waals surface area contributed by atoms with Gasteiger partial charge in [-0.1, -0.05) is 18.6 Å². The van der Waals surface area contributed by atoms with Crippen LogP contribution in [0.1, 0.15) is 37.8 Å². The molecule has 3 heteroatoms. The van der Waals surface area contributed by atoms with Crippen molar-refractivity contribution in [2.75, 3.05) is 6.26 Å². The fourth-order valence-corrected chi connectivity index (χ4v) is 3.03. The smallest absolute Gasteiger partial charge is 0.0672 e. The van der Waals surface area contributed by atoms with Crippen molar-refractivity contribution in [3.8, 4) is 6.07 Å². The molecule has 1 saturated carbocycles. The maximum absolute atomic E-state index is 9.10. The van der Waals surface area contributed by atoms with Crippen LogP contribution in [0.4, 0.5) is 0 Å². The molecule has 2 nitrogen and oxygen atoms in total. The molecule has 0 aliphatic heterocycles. The molecule has 2 rings (SSSR count). The molecule has 0 bridgehead atoms. The van der Waals surface area contributed by atoms with Gasteiger partial charge in [0.15, 0.2) is 0 Å². The monoisotopic (exact) mass is 260 g/mol. The molecule has 0 heterocycles. The normalized spacial score (nSPS) is 24.7. The highest BCUT2D eigenvalue weighted by Crippen LogP contribution is 2.27. The Bertz CT molecular complexity index is 421. The van der Waals surface area contributed by atoms with Crippen LogP contribution in [-0.2, 0) is 0 Å². The van der Waals surface area contributed by atoms with E-state index in [-0.39, 0.29) is 5.92 Å². The third-order valence-corrected chi connectivity index (χ3v) is 4.51. The maximum atomic E-state index is 9.10. The lowest BCUT2D eigenvalue weighted by atomic mass is 10.0. The molecule has 3 atom stereocenters. The van der Waals surface area contributed by atoms with Crippen molar-refractivity contribution in [1.29, 1.82) is 5.26 Å². The van der Waals surface area contributed by atoms with Crippen molar-refractivity contribution < 1.29 is 0 Å². The summed E-state index contributed by atoms with van der Waals surface area (Å²) in [4.78, 5) is 1.29. The van der Waals surface area contributed by atoms with E-state index in [0.29, 0.717) is 12.1 Å². The van der Waals surface area contributed by atoms with Crippen LogP contribution in [0.2, 0.25) is 0 Å². The average molecular weight is 260 g/mol. The van der Waals surface area contributed by atoms with E-state index < -0.39 is 0 Å². The first-order chi connectivity index (χ1) is 8.74. The Hall–Kier alpha value is -0.980. The van der Waals surface area contributed by atoms with Crippen molar-refractivity contribution in [1.82, 2.24) is 5.32 Å². The van der Waals surface area contributed by atoms with Crippen LogP contribution >= 0.6 is 11.8 Å². The zero-order valence-electron chi connectivity index (χ0n) is 11.0. The number of thioether (sulfide) groups is 1. The lowest BCUT2D eigenvalue weighted by Crippen LogP contribution is -2.33. The predicted molar refractivity (Wildman–Crippen MR) is 76.5 cm³/mol. The van der Waals surface area contributed by atoms with E-state index in [1.807, 2.05) is 0 Å². The van der Waals surface area contributed by atoms with Crippen LogP contribution in [-0.4, -0.2) is 12.3 Å². The molecule has 1 fully saturated rings. The Morgan fingerprint density at radius 1 is 1.33 bits per heavy atom. The second-order valence-corrected chi connectivity index (χ2v) is 5.81. The molecule has 0 amide bonds. The lowest BCUT2D eigenvalue weighted by Gasteiger charge is -2.22. The number of nitriles is 1. The van der Waals surface area contributed by atoms with E-state index in [4.69, 9.17) is 5.26 Å². The first-order valence-electron chi connectivity index (χ1n) is 6.54. The third kappa shape index (κ3) is 3.07. The Morgan fingerprint density at radius 2 is 2.06 bits per heavy atom. The molecule has 1 aromatic carbocycles. The third-order valence-electron chi connectivity index (χ3n) is 3.76. The second-order valence-electron chi connectivity index (χ2n) is 4.93. The van der Waals surface area contributed by atoms with Crippen molar-refractivity contribution in [2.24, 2.45) is 5.92 Å². The van der Waals surface area contributed by atoms with Gasteiger partial charge in [0.2, 0.25) is 0 Å². The molecule has 0 spiro atoms. The summed E-state index contributed by atoms with van der Waals surface area (Å²) in [6, 6.07) is 11.8. The first kappa shape index (κ1) is 13.5. The van der Waals surface area contributed by atoms with Gasteiger partial charge in [0, 0.05) is 17.0 Å². The molecular formula is C15H20N2S. The van der Waals surface area contributed by atoms with E-state index in [0.717, 1.165) is 12.8 Å². The van der Waals surface area contributed by atoms with Crippen LogP contribution in [0.5, 0.6) is 0 Å². The number of hydrogen-bond donors (Lipinski definition) is 1.